The predicted octanol–water partition coefficient (Wildman–Crippen LogP) is 4.64. The summed E-state index contributed by atoms with van der Waals surface area (Å²) in [5, 5.41) is 1.86. The lowest BCUT2D eigenvalue weighted by Crippen LogP contribution is -2.33. The van der Waals surface area contributed by atoms with Gasteiger partial charge in [-0.1, -0.05) is 11.6 Å². The van der Waals surface area contributed by atoms with E-state index in [-0.39, 0.29) is 22.2 Å². The van der Waals surface area contributed by atoms with E-state index in [4.69, 9.17) is 11.6 Å². The summed E-state index contributed by atoms with van der Waals surface area (Å²) in [6, 6.07) is 7.88. The Balaban J connectivity index is 2.23. The first-order chi connectivity index (χ1) is 12.8. The Bertz CT molecular complexity index is 975. The van der Waals surface area contributed by atoms with Crippen molar-refractivity contribution >= 4 is 33.2 Å². The van der Waals surface area contributed by atoms with Crippen LogP contribution in [0.25, 0.3) is 0 Å². The molecule has 2 rings (SSSR count). The van der Waals surface area contributed by atoms with Gasteiger partial charge in [-0.25, -0.2) is 8.42 Å². The number of alkyl halides is 3. The van der Waals surface area contributed by atoms with Crippen LogP contribution in [0.3, 0.4) is 0 Å². The zero-order valence-electron chi connectivity index (χ0n) is 15.2. The number of carbonyl (C=O) groups is 1. The quantitative estimate of drug-likeness (QED) is 0.745. The van der Waals surface area contributed by atoms with Gasteiger partial charge in [0.1, 0.15) is 0 Å². The van der Waals surface area contributed by atoms with Gasteiger partial charge in [-0.2, -0.15) is 17.5 Å². The number of amides is 1. The van der Waals surface area contributed by atoms with Crippen molar-refractivity contribution in [1.82, 2.24) is 4.31 Å². The van der Waals surface area contributed by atoms with Crippen molar-refractivity contribution in [3.05, 3.63) is 58.6 Å². The molecule has 0 bridgehead atoms. The Labute approximate surface area is 166 Å². The summed E-state index contributed by atoms with van der Waals surface area (Å²) in [6.07, 6.45) is -4.66. The van der Waals surface area contributed by atoms with E-state index in [1.807, 2.05) is 0 Å². The summed E-state index contributed by atoms with van der Waals surface area (Å²) in [5.74, 6) is -0.684. The van der Waals surface area contributed by atoms with E-state index >= 15 is 0 Å². The Morgan fingerprint density at radius 1 is 1.11 bits per heavy atom. The summed E-state index contributed by atoms with van der Waals surface area (Å²) < 4.78 is 64.7. The maximum Gasteiger partial charge on any atom is 0.417 e. The van der Waals surface area contributed by atoms with Gasteiger partial charge in [-0.15, -0.1) is 0 Å². The van der Waals surface area contributed by atoms with Crippen molar-refractivity contribution < 1.29 is 26.4 Å². The van der Waals surface area contributed by atoms with Crippen LogP contribution in [0.1, 0.15) is 29.8 Å². The van der Waals surface area contributed by atoms with Crippen LogP contribution in [0.2, 0.25) is 5.02 Å². The molecule has 1 amide bonds. The second-order valence-electron chi connectivity index (χ2n) is 6.29. The minimum absolute atomic E-state index is 0.00565. The van der Waals surface area contributed by atoms with Crippen LogP contribution < -0.4 is 5.32 Å². The fraction of sp³-hybridized carbons (Fsp3) is 0.278. The van der Waals surface area contributed by atoms with Gasteiger partial charge >= 0.3 is 6.18 Å². The molecule has 0 spiro atoms. The molecule has 0 saturated heterocycles. The van der Waals surface area contributed by atoms with Gasteiger partial charge in [0.05, 0.1) is 15.5 Å². The van der Waals surface area contributed by atoms with E-state index in [2.05, 4.69) is 5.32 Å². The molecule has 0 aliphatic rings. The Kier molecular flexibility index (Phi) is 6.42. The molecule has 0 radical (unpaired) electrons. The maximum absolute atomic E-state index is 12.9. The van der Waals surface area contributed by atoms with Crippen LogP contribution in [0.15, 0.2) is 47.4 Å². The number of sulfonamides is 1. The second kappa shape index (κ2) is 8.10. The lowest BCUT2D eigenvalue weighted by molar-refractivity contribution is -0.137. The Morgan fingerprint density at radius 3 is 2.18 bits per heavy atom. The monoisotopic (exact) mass is 434 g/mol. The van der Waals surface area contributed by atoms with Crippen LogP contribution in [-0.4, -0.2) is 31.7 Å². The molecule has 5 nitrogen and oxygen atoms in total. The Morgan fingerprint density at radius 2 is 1.68 bits per heavy atom. The third-order valence-corrected chi connectivity index (χ3v) is 6.43. The predicted molar refractivity (Wildman–Crippen MR) is 101 cm³/mol. The van der Waals surface area contributed by atoms with E-state index in [0.717, 1.165) is 12.1 Å². The van der Waals surface area contributed by atoms with Crippen LogP contribution in [-0.2, 0) is 16.2 Å². The van der Waals surface area contributed by atoms with Gasteiger partial charge in [0.2, 0.25) is 10.0 Å². The number of carbonyl (C=O) groups excluding carboxylic acids is 1. The molecule has 2 aromatic rings. The van der Waals surface area contributed by atoms with Gasteiger partial charge in [0.15, 0.2) is 0 Å². The number of anilines is 1. The fourth-order valence-electron chi connectivity index (χ4n) is 2.25. The van der Waals surface area contributed by atoms with E-state index < -0.39 is 32.7 Å². The molecule has 10 heteroatoms. The summed E-state index contributed by atoms with van der Waals surface area (Å²) in [5.41, 5.74) is -1.06. The van der Waals surface area contributed by atoms with Crippen molar-refractivity contribution in [3.8, 4) is 0 Å². The molecular weight excluding hydrogens is 417 g/mol. The van der Waals surface area contributed by atoms with Crippen LogP contribution in [0, 0.1) is 0 Å². The maximum atomic E-state index is 12.9. The van der Waals surface area contributed by atoms with Gasteiger partial charge < -0.3 is 5.32 Å². The largest absolute Gasteiger partial charge is 0.417 e. The topological polar surface area (TPSA) is 66.5 Å². The molecule has 0 atom stereocenters. The minimum Gasteiger partial charge on any atom is -0.322 e. The first-order valence-electron chi connectivity index (χ1n) is 8.10. The molecule has 1 N–H and O–H groups in total. The first-order valence-corrected chi connectivity index (χ1v) is 9.92. The van der Waals surface area contributed by atoms with E-state index in [0.29, 0.717) is 0 Å². The lowest BCUT2D eigenvalue weighted by Gasteiger charge is -2.21. The first kappa shape index (κ1) is 22.2. The number of hydrogen-bond acceptors (Lipinski definition) is 3. The highest BCUT2D eigenvalue weighted by molar-refractivity contribution is 7.89. The molecule has 0 aliphatic heterocycles. The highest BCUT2D eigenvalue weighted by Crippen LogP contribution is 2.36. The average Bonchev–Trinajstić information content (AvgIpc) is 2.61. The minimum atomic E-state index is -4.66. The molecule has 0 heterocycles. The van der Waals surface area contributed by atoms with Crippen LogP contribution in [0.5, 0.6) is 0 Å². The molecular formula is C18H18ClF3N2O3S. The molecule has 0 aliphatic carbocycles. The van der Waals surface area contributed by atoms with Crippen LogP contribution in [0.4, 0.5) is 18.9 Å². The third kappa shape index (κ3) is 4.84. The number of benzene rings is 2. The zero-order chi connectivity index (χ0) is 21.3. The summed E-state index contributed by atoms with van der Waals surface area (Å²) in [7, 11) is -2.26. The Hall–Kier alpha value is -2.10. The SMILES string of the molecule is CC(C)N(C)S(=O)(=O)c1ccc(C(=O)Nc2ccc(Cl)c(C(F)(F)F)c2)cc1. The number of nitrogens with one attached hydrogen (secondary N) is 1. The van der Waals surface area contributed by atoms with Crippen molar-refractivity contribution in [2.45, 2.75) is 31.0 Å². The van der Waals surface area contributed by atoms with Crippen LogP contribution >= 0.6 is 11.6 Å². The van der Waals surface area contributed by atoms with Crippen molar-refractivity contribution in [2.24, 2.45) is 0 Å². The fourth-order valence-corrected chi connectivity index (χ4v) is 3.84. The highest BCUT2D eigenvalue weighted by Gasteiger charge is 2.33. The molecule has 28 heavy (non-hydrogen) atoms. The number of rotatable bonds is 5. The third-order valence-electron chi connectivity index (χ3n) is 4.05. The van der Waals surface area contributed by atoms with Gasteiger partial charge in [0.25, 0.3) is 5.91 Å². The molecule has 2 aromatic carbocycles. The van der Waals surface area contributed by atoms with Crippen molar-refractivity contribution in [1.29, 1.82) is 0 Å². The zero-order valence-corrected chi connectivity index (χ0v) is 16.8. The van der Waals surface area contributed by atoms with E-state index in [1.54, 1.807) is 13.8 Å². The van der Waals surface area contributed by atoms with E-state index in [9.17, 15) is 26.4 Å². The lowest BCUT2D eigenvalue weighted by atomic mass is 10.1. The molecule has 0 aromatic heterocycles. The standard InChI is InChI=1S/C18H18ClF3N2O3S/c1-11(2)24(3)28(26,27)14-7-4-12(5-8-14)17(25)23-13-6-9-16(19)15(10-13)18(20,21)22/h4-11H,1-3H3,(H,23,25). The normalized spacial score (nSPS) is 12.5. The van der Waals surface area contributed by atoms with Gasteiger partial charge in [0, 0.05) is 24.3 Å². The van der Waals surface area contributed by atoms with Crippen molar-refractivity contribution in [3.63, 3.8) is 0 Å². The number of nitrogens with zero attached hydrogens (tertiary/aromatic N) is 1. The molecule has 0 fully saturated rings. The highest BCUT2D eigenvalue weighted by atomic mass is 35.5. The van der Waals surface area contributed by atoms with Crippen molar-refractivity contribution in [2.75, 3.05) is 12.4 Å². The smallest absolute Gasteiger partial charge is 0.322 e. The summed E-state index contributed by atoms with van der Waals surface area (Å²) in [6.45, 7) is 3.45. The molecule has 0 saturated carbocycles. The van der Waals surface area contributed by atoms with Gasteiger partial charge in [-0.3, -0.25) is 4.79 Å². The van der Waals surface area contributed by atoms with Gasteiger partial charge in [-0.05, 0) is 56.3 Å². The number of hydrogen-bond donors (Lipinski definition) is 1. The number of halogens is 4. The second-order valence-corrected chi connectivity index (χ2v) is 8.69. The van der Waals surface area contributed by atoms with E-state index in [1.165, 1.54) is 41.7 Å². The summed E-state index contributed by atoms with van der Waals surface area (Å²) in [4.78, 5) is 12.3. The molecule has 152 valence electrons. The molecule has 0 unspecified atom stereocenters. The average molecular weight is 435 g/mol. The summed E-state index contributed by atoms with van der Waals surface area (Å²) >= 11 is 5.55.